The van der Waals surface area contributed by atoms with Gasteiger partial charge in [0.05, 0.1) is 0 Å². The van der Waals surface area contributed by atoms with Gasteiger partial charge in [0.1, 0.15) is 0 Å². The van der Waals surface area contributed by atoms with Crippen LogP contribution in [0, 0.1) is 5.92 Å². The molecule has 0 radical (unpaired) electrons. The Balaban J connectivity index is 0.00000156. The number of nitrogens with zero attached hydrogens (tertiary/aromatic N) is 2. The number of hydrogen-bond acceptors (Lipinski definition) is 5. The van der Waals surface area contributed by atoms with Crippen LogP contribution < -0.4 is 11.1 Å². The van der Waals surface area contributed by atoms with Crippen molar-refractivity contribution < 1.29 is 9.32 Å². The molecule has 2 aromatic heterocycles. The van der Waals surface area contributed by atoms with E-state index in [4.69, 9.17) is 10.3 Å². The molecule has 3 rings (SSSR count). The first-order valence-electron chi connectivity index (χ1n) is 8.16. The van der Waals surface area contributed by atoms with Crippen LogP contribution in [-0.2, 0) is 0 Å². The molecule has 2 heterocycles. The Morgan fingerprint density at radius 1 is 1.24 bits per heavy atom. The Morgan fingerprint density at radius 3 is 2.56 bits per heavy atom. The van der Waals surface area contributed by atoms with Gasteiger partial charge in [-0.15, -0.1) is 24.8 Å². The minimum atomic E-state index is -0.227. The highest BCUT2D eigenvalue weighted by Gasteiger charge is 2.25. The fraction of sp³-hybridized carbons (Fsp3) is 0.471. The highest BCUT2D eigenvalue weighted by atomic mass is 35.5. The Hall–Kier alpha value is -1.63. The van der Waals surface area contributed by atoms with E-state index in [0.29, 0.717) is 18.2 Å². The smallest absolute Gasteiger partial charge is 0.273 e. The van der Waals surface area contributed by atoms with Gasteiger partial charge in [0, 0.05) is 36.6 Å². The Bertz CT molecular complexity index is 645. The SMILES string of the molecule is Cl.Cl.NCC(NC(=O)c1cc(-c2ccncc2)on1)C1CCCCC1. The number of nitrogens with two attached hydrogens (primary N) is 1. The molecule has 0 aromatic carbocycles. The lowest BCUT2D eigenvalue weighted by molar-refractivity contribution is 0.0906. The van der Waals surface area contributed by atoms with Crippen LogP contribution in [0.5, 0.6) is 0 Å². The van der Waals surface area contributed by atoms with Gasteiger partial charge in [-0.25, -0.2) is 0 Å². The summed E-state index contributed by atoms with van der Waals surface area (Å²) in [6.07, 6.45) is 9.31. The minimum absolute atomic E-state index is 0. The van der Waals surface area contributed by atoms with Crippen LogP contribution in [0.3, 0.4) is 0 Å². The van der Waals surface area contributed by atoms with E-state index in [1.54, 1.807) is 18.5 Å². The molecule has 1 aliphatic rings. The zero-order valence-corrected chi connectivity index (χ0v) is 15.5. The molecule has 0 saturated heterocycles. The standard InChI is InChI=1S/C17H22N4O2.2ClH/c18-11-15(12-4-2-1-3-5-12)20-17(22)14-10-16(23-21-14)13-6-8-19-9-7-13;;/h6-10,12,15H,1-5,11,18H2,(H,20,22);2*1H. The van der Waals surface area contributed by atoms with Gasteiger partial charge < -0.3 is 15.6 Å². The summed E-state index contributed by atoms with van der Waals surface area (Å²) in [6, 6.07) is 5.28. The second-order valence-electron chi connectivity index (χ2n) is 6.03. The Labute approximate surface area is 159 Å². The summed E-state index contributed by atoms with van der Waals surface area (Å²) in [5, 5.41) is 6.90. The summed E-state index contributed by atoms with van der Waals surface area (Å²) in [5.74, 6) is 0.791. The van der Waals surface area contributed by atoms with Gasteiger partial charge >= 0.3 is 0 Å². The van der Waals surface area contributed by atoms with Crippen LogP contribution in [0.2, 0.25) is 0 Å². The lowest BCUT2D eigenvalue weighted by Crippen LogP contribution is -2.46. The van der Waals surface area contributed by atoms with E-state index in [1.807, 2.05) is 12.1 Å². The fourth-order valence-corrected chi connectivity index (χ4v) is 3.18. The van der Waals surface area contributed by atoms with Crippen molar-refractivity contribution in [2.75, 3.05) is 6.54 Å². The lowest BCUT2D eigenvalue weighted by Gasteiger charge is -2.29. The molecular weight excluding hydrogens is 363 g/mol. The normalized spacial score (nSPS) is 15.6. The summed E-state index contributed by atoms with van der Waals surface area (Å²) in [5.41, 5.74) is 6.99. The molecule has 1 fully saturated rings. The van der Waals surface area contributed by atoms with Gasteiger partial charge in [-0.3, -0.25) is 9.78 Å². The molecule has 8 heteroatoms. The highest BCUT2D eigenvalue weighted by Crippen LogP contribution is 2.26. The Kier molecular flexibility index (Phi) is 8.89. The van der Waals surface area contributed by atoms with Crippen molar-refractivity contribution in [3.8, 4) is 11.3 Å². The van der Waals surface area contributed by atoms with Gasteiger partial charge in [0.15, 0.2) is 11.5 Å². The van der Waals surface area contributed by atoms with E-state index in [2.05, 4.69) is 15.5 Å². The second kappa shape index (κ2) is 10.4. The number of hydrogen-bond donors (Lipinski definition) is 2. The minimum Gasteiger partial charge on any atom is -0.355 e. The molecule has 2 aromatic rings. The lowest BCUT2D eigenvalue weighted by atomic mass is 9.84. The number of carbonyl (C=O) groups excluding carboxylic acids is 1. The summed E-state index contributed by atoms with van der Waals surface area (Å²) in [7, 11) is 0. The first kappa shape index (κ1) is 21.4. The quantitative estimate of drug-likeness (QED) is 0.822. The van der Waals surface area contributed by atoms with Gasteiger partial charge in [0.2, 0.25) is 0 Å². The number of halogens is 2. The van der Waals surface area contributed by atoms with Crippen LogP contribution in [0.15, 0.2) is 35.1 Å². The first-order chi connectivity index (χ1) is 11.3. The summed E-state index contributed by atoms with van der Waals surface area (Å²) in [6.45, 7) is 0.450. The molecule has 1 saturated carbocycles. The van der Waals surface area contributed by atoms with E-state index in [9.17, 15) is 4.79 Å². The molecule has 0 aliphatic heterocycles. The van der Waals surface area contributed by atoms with Crippen molar-refractivity contribution in [1.82, 2.24) is 15.5 Å². The third-order valence-corrected chi connectivity index (χ3v) is 4.50. The van der Waals surface area contributed by atoms with E-state index in [0.717, 1.165) is 18.4 Å². The zero-order valence-electron chi connectivity index (χ0n) is 13.9. The van der Waals surface area contributed by atoms with Gasteiger partial charge in [0.25, 0.3) is 5.91 Å². The number of aromatic nitrogens is 2. The predicted octanol–water partition coefficient (Wildman–Crippen LogP) is 3.22. The maximum Gasteiger partial charge on any atom is 0.273 e. The van der Waals surface area contributed by atoms with E-state index in [1.165, 1.54) is 19.3 Å². The van der Waals surface area contributed by atoms with Crippen molar-refractivity contribution >= 4 is 30.7 Å². The molecule has 1 amide bonds. The van der Waals surface area contributed by atoms with Crippen LogP contribution in [0.25, 0.3) is 11.3 Å². The molecule has 138 valence electrons. The van der Waals surface area contributed by atoms with Crippen molar-refractivity contribution in [1.29, 1.82) is 0 Å². The molecule has 3 N–H and O–H groups in total. The second-order valence-corrected chi connectivity index (χ2v) is 6.03. The predicted molar refractivity (Wildman–Crippen MR) is 101 cm³/mol. The molecule has 1 unspecified atom stereocenters. The summed E-state index contributed by atoms with van der Waals surface area (Å²) < 4.78 is 5.26. The highest BCUT2D eigenvalue weighted by molar-refractivity contribution is 5.93. The molecule has 0 bridgehead atoms. The number of carbonyl (C=O) groups is 1. The van der Waals surface area contributed by atoms with Crippen LogP contribution >= 0.6 is 24.8 Å². The average molecular weight is 387 g/mol. The summed E-state index contributed by atoms with van der Waals surface area (Å²) >= 11 is 0. The number of nitrogens with one attached hydrogen (secondary N) is 1. The van der Waals surface area contributed by atoms with Crippen LogP contribution in [-0.4, -0.2) is 28.6 Å². The zero-order chi connectivity index (χ0) is 16.1. The van der Waals surface area contributed by atoms with Crippen molar-refractivity contribution in [3.63, 3.8) is 0 Å². The maximum absolute atomic E-state index is 12.4. The number of rotatable bonds is 5. The van der Waals surface area contributed by atoms with Gasteiger partial charge in [-0.05, 0) is 30.9 Å². The average Bonchev–Trinajstić information content (AvgIpc) is 3.11. The molecule has 1 aliphatic carbocycles. The first-order valence-corrected chi connectivity index (χ1v) is 8.16. The Morgan fingerprint density at radius 2 is 1.92 bits per heavy atom. The summed E-state index contributed by atoms with van der Waals surface area (Å²) in [4.78, 5) is 16.4. The third-order valence-electron chi connectivity index (χ3n) is 4.50. The van der Waals surface area contributed by atoms with E-state index in [-0.39, 0.29) is 42.5 Å². The van der Waals surface area contributed by atoms with Gasteiger partial charge in [-0.2, -0.15) is 0 Å². The number of pyridine rings is 1. The molecule has 0 spiro atoms. The molecule has 25 heavy (non-hydrogen) atoms. The maximum atomic E-state index is 12.4. The molecular formula is C17H24Cl2N4O2. The van der Waals surface area contributed by atoms with Crippen LogP contribution in [0.1, 0.15) is 42.6 Å². The van der Waals surface area contributed by atoms with Gasteiger partial charge in [-0.1, -0.05) is 24.4 Å². The molecule has 6 nitrogen and oxygen atoms in total. The number of amides is 1. The third kappa shape index (κ3) is 5.42. The largest absolute Gasteiger partial charge is 0.355 e. The topological polar surface area (TPSA) is 94.0 Å². The molecule has 1 atom stereocenters. The van der Waals surface area contributed by atoms with Crippen LogP contribution in [0.4, 0.5) is 0 Å². The fourth-order valence-electron chi connectivity index (χ4n) is 3.18. The van der Waals surface area contributed by atoms with Crippen molar-refractivity contribution in [2.24, 2.45) is 11.7 Å². The van der Waals surface area contributed by atoms with E-state index < -0.39 is 0 Å². The van der Waals surface area contributed by atoms with Crippen molar-refractivity contribution in [2.45, 2.75) is 38.1 Å². The van der Waals surface area contributed by atoms with E-state index >= 15 is 0 Å². The van der Waals surface area contributed by atoms with Crippen molar-refractivity contribution in [3.05, 3.63) is 36.3 Å². The monoisotopic (exact) mass is 386 g/mol.